The first-order chi connectivity index (χ1) is 12.1. The fraction of sp³-hybridized carbons (Fsp3) is 0.500. The van der Waals surface area contributed by atoms with Crippen molar-refractivity contribution < 1.29 is 14.0 Å². The molecule has 3 nitrogen and oxygen atoms in total. The lowest BCUT2D eigenvalue weighted by Crippen LogP contribution is -2.44. The van der Waals surface area contributed by atoms with Crippen molar-refractivity contribution in [1.29, 1.82) is 0 Å². The van der Waals surface area contributed by atoms with E-state index in [4.69, 9.17) is 9.16 Å². The number of rotatable bonds is 4. The third kappa shape index (κ3) is 5.01. The number of methoxy groups -OCH3 is 1. The average Bonchev–Trinajstić information content (AvgIpc) is 2.59. The quantitative estimate of drug-likeness (QED) is 0.292. The van der Waals surface area contributed by atoms with E-state index in [9.17, 15) is 4.79 Å². The van der Waals surface area contributed by atoms with Gasteiger partial charge < -0.3 is 9.16 Å². The summed E-state index contributed by atoms with van der Waals surface area (Å²) in [6.07, 6.45) is 6.53. The SMILES string of the molecule is COc1ccc(C(=O)C#CC2=CCCCC2)c(O[Si](C)(C)C(C)(C)C)c1. The van der Waals surface area contributed by atoms with Crippen molar-refractivity contribution >= 4 is 14.1 Å². The van der Waals surface area contributed by atoms with Gasteiger partial charge in [0.25, 0.3) is 8.32 Å². The van der Waals surface area contributed by atoms with Crippen molar-refractivity contribution in [2.24, 2.45) is 0 Å². The Morgan fingerprint density at radius 2 is 1.92 bits per heavy atom. The van der Waals surface area contributed by atoms with Crippen LogP contribution in [0.4, 0.5) is 0 Å². The second kappa shape index (κ2) is 8.14. The summed E-state index contributed by atoms with van der Waals surface area (Å²) in [5.74, 6) is 6.92. The Balaban J connectivity index is 2.34. The minimum absolute atomic E-state index is 0.0367. The molecule has 1 aromatic rings. The number of Topliss-reactive ketones (excluding diaryl/α,β-unsaturated/α-hetero) is 1. The molecule has 1 aliphatic carbocycles. The summed E-state index contributed by atoms with van der Waals surface area (Å²) in [6.45, 7) is 10.9. The maximum absolute atomic E-state index is 12.7. The van der Waals surface area contributed by atoms with Gasteiger partial charge in [-0.25, -0.2) is 0 Å². The zero-order chi connectivity index (χ0) is 19.4. The van der Waals surface area contributed by atoms with Crippen LogP contribution < -0.4 is 9.16 Å². The zero-order valence-corrected chi connectivity index (χ0v) is 17.9. The number of ketones is 1. The fourth-order valence-corrected chi connectivity index (χ4v) is 3.51. The number of ether oxygens (including phenoxy) is 1. The number of carbonyl (C=O) groups excluding carboxylic acids is 1. The Morgan fingerprint density at radius 3 is 2.50 bits per heavy atom. The first kappa shape index (κ1) is 20.3. The number of benzene rings is 1. The van der Waals surface area contributed by atoms with Gasteiger partial charge in [0.15, 0.2) is 0 Å². The Kier molecular flexibility index (Phi) is 6.36. The summed E-state index contributed by atoms with van der Waals surface area (Å²) in [5, 5.41) is 0.0367. The molecule has 1 aromatic carbocycles. The minimum atomic E-state index is -2.08. The van der Waals surface area contributed by atoms with Crippen LogP contribution >= 0.6 is 0 Å². The van der Waals surface area contributed by atoms with Crippen LogP contribution in [0.15, 0.2) is 29.8 Å². The van der Waals surface area contributed by atoms with E-state index in [2.05, 4.69) is 51.8 Å². The van der Waals surface area contributed by atoms with Gasteiger partial charge >= 0.3 is 0 Å². The van der Waals surface area contributed by atoms with Crippen LogP contribution in [0.5, 0.6) is 11.5 Å². The predicted molar refractivity (Wildman–Crippen MR) is 109 cm³/mol. The molecule has 0 atom stereocenters. The van der Waals surface area contributed by atoms with Gasteiger partial charge in [-0.05, 0) is 67.4 Å². The van der Waals surface area contributed by atoms with Crippen molar-refractivity contribution in [3.8, 4) is 23.3 Å². The van der Waals surface area contributed by atoms with Crippen molar-refractivity contribution in [3.63, 3.8) is 0 Å². The van der Waals surface area contributed by atoms with Crippen molar-refractivity contribution in [1.82, 2.24) is 0 Å². The van der Waals surface area contributed by atoms with Gasteiger partial charge in [-0.15, -0.1) is 0 Å². The highest BCUT2D eigenvalue weighted by Crippen LogP contribution is 2.39. The van der Waals surface area contributed by atoms with Gasteiger partial charge in [0.1, 0.15) is 11.5 Å². The molecule has 0 bridgehead atoms. The molecule has 26 heavy (non-hydrogen) atoms. The van der Waals surface area contributed by atoms with Gasteiger partial charge in [0, 0.05) is 6.07 Å². The molecule has 140 valence electrons. The topological polar surface area (TPSA) is 35.5 Å². The van der Waals surface area contributed by atoms with E-state index in [-0.39, 0.29) is 10.8 Å². The van der Waals surface area contributed by atoms with Gasteiger partial charge in [-0.1, -0.05) is 32.8 Å². The molecule has 0 saturated heterocycles. The number of carbonyl (C=O) groups is 1. The first-order valence-electron chi connectivity index (χ1n) is 9.26. The summed E-state index contributed by atoms with van der Waals surface area (Å²) < 4.78 is 11.7. The normalized spacial score (nSPS) is 14.8. The van der Waals surface area contributed by atoms with Crippen molar-refractivity contribution in [2.75, 3.05) is 7.11 Å². The molecule has 1 aliphatic rings. The fourth-order valence-electron chi connectivity index (χ4n) is 2.49. The summed E-state index contributed by atoms with van der Waals surface area (Å²) in [4.78, 5) is 12.7. The van der Waals surface area contributed by atoms with Gasteiger partial charge in [-0.2, -0.15) is 0 Å². The average molecular weight is 371 g/mol. The highest BCUT2D eigenvalue weighted by molar-refractivity contribution is 6.74. The highest BCUT2D eigenvalue weighted by Gasteiger charge is 2.39. The van der Waals surface area contributed by atoms with Crippen molar-refractivity contribution in [3.05, 3.63) is 35.4 Å². The van der Waals surface area contributed by atoms with E-state index < -0.39 is 8.32 Å². The summed E-state index contributed by atoms with van der Waals surface area (Å²) in [6, 6.07) is 5.34. The maximum atomic E-state index is 12.7. The second-order valence-corrected chi connectivity index (χ2v) is 13.0. The monoisotopic (exact) mass is 370 g/mol. The Labute approximate surface area is 158 Å². The number of hydrogen-bond acceptors (Lipinski definition) is 3. The third-order valence-electron chi connectivity index (χ3n) is 5.23. The molecule has 0 amide bonds. The summed E-state index contributed by atoms with van der Waals surface area (Å²) in [7, 11) is -0.468. The smallest absolute Gasteiger partial charge is 0.250 e. The molecular weight excluding hydrogens is 340 g/mol. The van der Waals surface area contributed by atoms with E-state index in [1.54, 1.807) is 25.3 Å². The van der Waals surface area contributed by atoms with Gasteiger partial charge in [-0.3, -0.25) is 4.79 Å². The molecule has 0 saturated carbocycles. The van der Waals surface area contributed by atoms with E-state index in [1.807, 2.05) is 0 Å². The van der Waals surface area contributed by atoms with E-state index in [1.165, 1.54) is 6.42 Å². The molecule has 0 N–H and O–H groups in total. The first-order valence-corrected chi connectivity index (χ1v) is 12.2. The molecule has 0 unspecified atom stereocenters. The van der Waals surface area contributed by atoms with E-state index in [0.29, 0.717) is 17.1 Å². The summed E-state index contributed by atoms with van der Waals surface area (Å²) in [5.41, 5.74) is 1.59. The molecule has 0 aromatic heterocycles. The Bertz CT molecular complexity index is 758. The Hall–Kier alpha value is -1.99. The van der Waals surface area contributed by atoms with Crippen LogP contribution in [0.25, 0.3) is 0 Å². The predicted octanol–water partition coefficient (Wildman–Crippen LogP) is 5.77. The van der Waals surface area contributed by atoms with Crippen LogP contribution in [0.3, 0.4) is 0 Å². The molecule has 2 rings (SSSR count). The molecule has 0 spiro atoms. The maximum Gasteiger partial charge on any atom is 0.250 e. The molecular formula is C22H30O3Si. The number of hydrogen-bond donors (Lipinski definition) is 0. The lowest BCUT2D eigenvalue weighted by atomic mass is 9.99. The van der Waals surface area contributed by atoms with E-state index in [0.717, 1.165) is 24.8 Å². The standard InChI is InChI=1S/C22H30O3Si/c1-22(2,3)26(5,6)25-21-16-18(24-4)13-14-19(21)20(23)15-12-17-10-8-7-9-11-17/h10,13-14,16H,7-9,11H2,1-6H3. The van der Waals surface area contributed by atoms with Crippen molar-refractivity contribution in [2.45, 2.75) is 64.6 Å². The van der Waals surface area contributed by atoms with E-state index >= 15 is 0 Å². The Morgan fingerprint density at radius 1 is 1.19 bits per heavy atom. The third-order valence-corrected chi connectivity index (χ3v) is 9.57. The van der Waals surface area contributed by atoms with Crippen LogP contribution in [0, 0.1) is 11.8 Å². The van der Waals surface area contributed by atoms with Crippen LogP contribution in [-0.2, 0) is 0 Å². The zero-order valence-electron chi connectivity index (χ0n) is 16.9. The molecule has 0 aliphatic heterocycles. The van der Waals surface area contributed by atoms with Crippen LogP contribution in [-0.4, -0.2) is 21.2 Å². The molecule has 0 fully saturated rings. The summed E-state index contributed by atoms with van der Waals surface area (Å²) >= 11 is 0. The van der Waals surface area contributed by atoms with Crippen LogP contribution in [0.2, 0.25) is 18.1 Å². The van der Waals surface area contributed by atoms with Gasteiger partial charge in [0.2, 0.25) is 5.78 Å². The molecule has 4 heteroatoms. The second-order valence-electron chi connectivity index (χ2n) is 8.28. The lowest BCUT2D eigenvalue weighted by Gasteiger charge is -2.36. The molecule has 0 heterocycles. The largest absolute Gasteiger partial charge is 0.543 e. The molecule has 0 radical (unpaired) electrons. The van der Waals surface area contributed by atoms with Crippen LogP contribution in [0.1, 0.15) is 56.8 Å². The highest BCUT2D eigenvalue weighted by atomic mass is 28.4. The number of allylic oxidation sites excluding steroid dienone is 2. The van der Waals surface area contributed by atoms with Gasteiger partial charge in [0.05, 0.1) is 12.7 Å². The minimum Gasteiger partial charge on any atom is -0.543 e. The lowest BCUT2D eigenvalue weighted by molar-refractivity contribution is 0.105.